The van der Waals surface area contributed by atoms with Crippen LogP contribution in [-0.2, 0) is 0 Å². The number of ether oxygens (including phenoxy) is 3. The second-order valence-corrected chi connectivity index (χ2v) is 7.81. The average Bonchev–Trinajstić information content (AvgIpc) is 3.47. The number of anilines is 1. The minimum absolute atomic E-state index is 0.185. The number of aromatic nitrogens is 1. The lowest BCUT2D eigenvalue weighted by Crippen LogP contribution is -2.11. The molecule has 1 aliphatic rings. The normalized spacial score (nSPS) is 11.9. The van der Waals surface area contributed by atoms with Crippen molar-refractivity contribution in [3.8, 4) is 39.1 Å². The van der Waals surface area contributed by atoms with Crippen molar-refractivity contribution in [2.45, 2.75) is 0 Å². The van der Waals surface area contributed by atoms with Gasteiger partial charge >= 0.3 is 0 Å². The molecule has 0 saturated carbocycles. The third kappa shape index (κ3) is 3.83. The molecule has 0 bridgehead atoms. The molecule has 5 rings (SSSR count). The average molecular weight is 430 g/mol. The monoisotopic (exact) mass is 430 g/mol. The molecule has 0 fully saturated rings. The standard InChI is InChI=1S/C24H18N2O4S/c1-28-18-10-7-16(8-11-18)24-26-21(15-5-3-2-4-6-15)22(31-24)23(27)25-17-9-12-19-20(13-17)30-14-29-19/h2-13H,14H2,1H3,(H,25,27). The highest BCUT2D eigenvalue weighted by molar-refractivity contribution is 7.17. The highest BCUT2D eigenvalue weighted by atomic mass is 32.1. The number of thiazole rings is 1. The van der Waals surface area contributed by atoms with Gasteiger partial charge in [-0.1, -0.05) is 30.3 Å². The highest BCUT2D eigenvalue weighted by Gasteiger charge is 2.21. The van der Waals surface area contributed by atoms with Crippen LogP contribution in [0.3, 0.4) is 0 Å². The third-order valence-electron chi connectivity index (χ3n) is 4.85. The topological polar surface area (TPSA) is 69.7 Å². The molecule has 0 radical (unpaired) electrons. The Morgan fingerprint density at radius 3 is 2.52 bits per heavy atom. The van der Waals surface area contributed by atoms with E-state index >= 15 is 0 Å². The number of hydrogen-bond donors (Lipinski definition) is 1. The Balaban J connectivity index is 1.51. The van der Waals surface area contributed by atoms with Crippen LogP contribution in [-0.4, -0.2) is 24.8 Å². The van der Waals surface area contributed by atoms with Crippen molar-refractivity contribution >= 4 is 22.9 Å². The minimum atomic E-state index is -0.227. The van der Waals surface area contributed by atoms with Crippen LogP contribution >= 0.6 is 11.3 Å². The molecule has 6 nitrogen and oxygen atoms in total. The fourth-order valence-electron chi connectivity index (χ4n) is 3.28. The lowest BCUT2D eigenvalue weighted by molar-refractivity contribution is 0.103. The molecule has 0 spiro atoms. The minimum Gasteiger partial charge on any atom is -0.497 e. The van der Waals surface area contributed by atoms with Crippen molar-refractivity contribution in [2.75, 3.05) is 19.2 Å². The summed E-state index contributed by atoms with van der Waals surface area (Å²) in [5.41, 5.74) is 3.08. The second-order valence-electron chi connectivity index (χ2n) is 6.81. The molecule has 1 aromatic heterocycles. The zero-order valence-corrected chi connectivity index (χ0v) is 17.4. The summed E-state index contributed by atoms with van der Waals surface area (Å²) in [5.74, 6) is 1.83. The molecule has 7 heteroatoms. The van der Waals surface area contributed by atoms with E-state index in [-0.39, 0.29) is 12.7 Å². The molecule has 4 aromatic rings. The number of amides is 1. The van der Waals surface area contributed by atoms with Gasteiger partial charge in [0.15, 0.2) is 11.5 Å². The molecule has 0 aliphatic carbocycles. The first-order valence-electron chi connectivity index (χ1n) is 9.63. The summed E-state index contributed by atoms with van der Waals surface area (Å²) >= 11 is 1.35. The number of fused-ring (bicyclic) bond motifs is 1. The maximum Gasteiger partial charge on any atom is 0.268 e. The summed E-state index contributed by atoms with van der Waals surface area (Å²) in [6.07, 6.45) is 0. The summed E-state index contributed by atoms with van der Waals surface area (Å²) in [4.78, 5) is 18.6. The molecule has 0 unspecified atom stereocenters. The summed E-state index contributed by atoms with van der Waals surface area (Å²) in [6, 6.07) is 22.7. The molecule has 1 amide bonds. The number of rotatable bonds is 5. The molecule has 2 heterocycles. The van der Waals surface area contributed by atoms with Gasteiger partial charge in [0.25, 0.3) is 5.91 Å². The molecule has 154 valence electrons. The fraction of sp³-hybridized carbons (Fsp3) is 0.0833. The Morgan fingerprint density at radius 2 is 1.74 bits per heavy atom. The Morgan fingerprint density at radius 1 is 0.968 bits per heavy atom. The van der Waals surface area contributed by atoms with Gasteiger partial charge in [-0.2, -0.15) is 0 Å². The number of benzene rings is 3. The number of hydrogen-bond acceptors (Lipinski definition) is 6. The van der Waals surface area contributed by atoms with Crippen LogP contribution < -0.4 is 19.5 Å². The van der Waals surface area contributed by atoms with E-state index in [1.807, 2.05) is 54.6 Å². The molecule has 3 aromatic carbocycles. The summed E-state index contributed by atoms with van der Waals surface area (Å²) in [7, 11) is 1.63. The van der Waals surface area contributed by atoms with Crippen LogP contribution in [0.4, 0.5) is 5.69 Å². The number of methoxy groups -OCH3 is 1. The van der Waals surface area contributed by atoms with Gasteiger partial charge in [-0.15, -0.1) is 11.3 Å². The Hall–Kier alpha value is -3.84. The summed E-state index contributed by atoms with van der Waals surface area (Å²) in [5, 5.41) is 3.72. The van der Waals surface area contributed by atoms with E-state index in [0.717, 1.165) is 21.9 Å². The molecule has 1 N–H and O–H groups in total. The van der Waals surface area contributed by atoms with E-state index in [1.165, 1.54) is 11.3 Å². The van der Waals surface area contributed by atoms with Crippen molar-refractivity contribution in [1.29, 1.82) is 0 Å². The Bertz CT molecular complexity index is 1240. The quantitative estimate of drug-likeness (QED) is 0.455. The van der Waals surface area contributed by atoms with Gasteiger partial charge in [0.1, 0.15) is 15.6 Å². The lowest BCUT2D eigenvalue weighted by Gasteiger charge is -2.06. The van der Waals surface area contributed by atoms with E-state index in [1.54, 1.807) is 25.3 Å². The lowest BCUT2D eigenvalue weighted by atomic mass is 10.1. The molecular weight excluding hydrogens is 412 g/mol. The van der Waals surface area contributed by atoms with Gasteiger partial charge < -0.3 is 19.5 Å². The number of nitrogens with zero attached hydrogens (tertiary/aromatic N) is 1. The number of carbonyl (C=O) groups excluding carboxylic acids is 1. The van der Waals surface area contributed by atoms with E-state index in [0.29, 0.717) is 27.8 Å². The third-order valence-corrected chi connectivity index (χ3v) is 5.95. The molecule has 31 heavy (non-hydrogen) atoms. The maximum atomic E-state index is 13.2. The highest BCUT2D eigenvalue weighted by Crippen LogP contribution is 2.37. The van der Waals surface area contributed by atoms with Gasteiger partial charge in [0.05, 0.1) is 12.8 Å². The SMILES string of the molecule is COc1ccc(-c2nc(-c3ccccc3)c(C(=O)Nc3ccc4c(c3)OCO4)s2)cc1. The van der Waals surface area contributed by atoms with E-state index in [9.17, 15) is 4.79 Å². The summed E-state index contributed by atoms with van der Waals surface area (Å²) in [6.45, 7) is 0.185. The van der Waals surface area contributed by atoms with Gasteiger partial charge in [-0.05, 0) is 36.4 Å². The van der Waals surface area contributed by atoms with Gasteiger partial charge in [0.2, 0.25) is 6.79 Å². The number of nitrogens with one attached hydrogen (secondary N) is 1. The van der Waals surface area contributed by atoms with Gasteiger partial charge in [0, 0.05) is 22.9 Å². The van der Waals surface area contributed by atoms with Crippen molar-refractivity contribution in [3.63, 3.8) is 0 Å². The Labute approximate surface area is 183 Å². The molecule has 0 saturated heterocycles. The van der Waals surface area contributed by atoms with Crippen LogP contribution in [0.5, 0.6) is 17.2 Å². The zero-order valence-electron chi connectivity index (χ0n) is 16.6. The predicted octanol–water partition coefficient (Wildman–Crippen LogP) is 5.47. The van der Waals surface area contributed by atoms with E-state index < -0.39 is 0 Å². The molecule has 0 atom stereocenters. The van der Waals surface area contributed by atoms with Crippen molar-refractivity contribution < 1.29 is 19.0 Å². The predicted molar refractivity (Wildman–Crippen MR) is 120 cm³/mol. The largest absolute Gasteiger partial charge is 0.497 e. The first-order chi connectivity index (χ1) is 15.2. The Kier molecular flexibility index (Phi) is 5.01. The van der Waals surface area contributed by atoms with Crippen LogP contribution in [0, 0.1) is 0 Å². The van der Waals surface area contributed by atoms with Crippen molar-refractivity contribution in [1.82, 2.24) is 4.98 Å². The van der Waals surface area contributed by atoms with Crippen molar-refractivity contribution in [3.05, 3.63) is 77.7 Å². The van der Waals surface area contributed by atoms with Crippen LogP contribution in [0.1, 0.15) is 9.67 Å². The fourth-order valence-corrected chi connectivity index (χ4v) is 4.27. The summed E-state index contributed by atoms with van der Waals surface area (Å²) < 4.78 is 16.0. The van der Waals surface area contributed by atoms with E-state index in [4.69, 9.17) is 19.2 Å². The first kappa shape index (κ1) is 19.1. The van der Waals surface area contributed by atoms with Crippen LogP contribution in [0.15, 0.2) is 72.8 Å². The first-order valence-corrected chi connectivity index (χ1v) is 10.4. The zero-order chi connectivity index (χ0) is 21.2. The molecule has 1 aliphatic heterocycles. The number of carbonyl (C=O) groups is 1. The maximum absolute atomic E-state index is 13.2. The van der Waals surface area contributed by atoms with Crippen LogP contribution in [0.25, 0.3) is 21.8 Å². The van der Waals surface area contributed by atoms with Crippen LogP contribution in [0.2, 0.25) is 0 Å². The van der Waals surface area contributed by atoms with Gasteiger partial charge in [-0.3, -0.25) is 4.79 Å². The molecular formula is C24H18N2O4S. The second kappa shape index (κ2) is 8.12. The van der Waals surface area contributed by atoms with Gasteiger partial charge in [-0.25, -0.2) is 4.98 Å². The van der Waals surface area contributed by atoms with E-state index in [2.05, 4.69) is 5.32 Å². The van der Waals surface area contributed by atoms with Crippen molar-refractivity contribution in [2.24, 2.45) is 0 Å². The smallest absolute Gasteiger partial charge is 0.268 e.